The molecule has 1 heterocycles. The van der Waals surface area contributed by atoms with Crippen LogP contribution >= 0.6 is 0 Å². The van der Waals surface area contributed by atoms with Crippen molar-refractivity contribution in [2.24, 2.45) is 0 Å². The van der Waals surface area contributed by atoms with Gasteiger partial charge in [0.05, 0.1) is 0 Å². The van der Waals surface area contributed by atoms with Crippen molar-refractivity contribution in [2.75, 3.05) is 0 Å². The fourth-order valence-corrected chi connectivity index (χ4v) is 0.697. The van der Waals surface area contributed by atoms with Crippen molar-refractivity contribution in [1.82, 2.24) is 4.98 Å². The van der Waals surface area contributed by atoms with E-state index in [1.165, 1.54) is 6.21 Å². The number of rotatable bonds is 2. The summed E-state index contributed by atoms with van der Waals surface area (Å²) >= 11 is 0. The van der Waals surface area contributed by atoms with E-state index < -0.39 is 0 Å². The van der Waals surface area contributed by atoms with Gasteiger partial charge in [-0.2, -0.15) is 0 Å². The van der Waals surface area contributed by atoms with Crippen molar-refractivity contribution in [3.8, 4) is 0 Å². The summed E-state index contributed by atoms with van der Waals surface area (Å²) in [5, 5.41) is 6.91. The van der Waals surface area contributed by atoms with Crippen LogP contribution in [0.4, 0.5) is 0 Å². The van der Waals surface area contributed by atoms with Crippen molar-refractivity contribution in [3.05, 3.63) is 30.1 Å². The molecule has 0 atom stereocenters. The molecule has 0 radical (unpaired) electrons. The second kappa shape index (κ2) is 2.31. The van der Waals surface area contributed by atoms with Crippen molar-refractivity contribution in [3.63, 3.8) is 0 Å². The zero-order valence-corrected chi connectivity index (χ0v) is 5.02. The summed E-state index contributed by atoms with van der Waals surface area (Å²) in [5.41, 5.74) is 1.79. The van der Waals surface area contributed by atoms with E-state index in [0.717, 1.165) is 11.3 Å². The number of aromatic amines is 1. The van der Waals surface area contributed by atoms with Gasteiger partial charge in [0.15, 0.2) is 0 Å². The third-order valence-corrected chi connectivity index (χ3v) is 1.17. The molecule has 0 fully saturated rings. The van der Waals surface area contributed by atoms with Crippen LogP contribution < -0.4 is 0 Å². The molecule has 0 aliphatic heterocycles. The fourth-order valence-electron chi connectivity index (χ4n) is 0.697. The first-order valence-electron chi connectivity index (χ1n) is 2.68. The van der Waals surface area contributed by atoms with E-state index in [2.05, 4.69) is 11.6 Å². The van der Waals surface area contributed by atoms with Crippen LogP contribution in [-0.2, 0) is 0 Å². The Morgan fingerprint density at radius 3 is 2.89 bits per heavy atom. The second-order valence-electron chi connectivity index (χ2n) is 1.70. The minimum Gasteiger partial charge on any atom is -0.361 e. The van der Waals surface area contributed by atoms with Crippen molar-refractivity contribution in [1.29, 1.82) is 5.41 Å². The number of hydrogen-bond acceptors (Lipinski definition) is 1. The summed E-state index contributed by atoms with van der Waals surface area (Å²) in [4.78, 5) is 2.94. The lowest BCUT2D eigenvalue weighted by atomic mass is 10.2. The third kappa shape index (κ3) is 0.914. The molecular formula is C7H8N2. The molecule has 1 aromatic heterocycles. The van der Waals surface area contributed by atoms with Crippen LogP contribution in [0.3, 0.4) is 0 Å². The molecule has 0 spiro atoms. The van der Waals surface area contributed by atoms with E-state index in [1.807, 2.05) is 6.07 Å². The average Bonchev–Trinajstić information content (AvgIpc) is 2.33. The summed E-state index contributed by atoms with van der Waals surface area (Å²) in [6.07, 6.45) is 4.78. The Hall–Kier alpha value is -1.31. The summed E-state index contributed by atoms with van der Waals surface area (Å²) in [6.45, 7) is 3.58. The zero-order valence-electron chi connectivity index (χ0n) is 5.02. The lowest BCUT2D eigenvalue weighted by molar-refractivity contribution is 1.37. The topological polar surface area (TPSA) is 39.6 Å². The third-order valence-electron chi connectivity index (χ3n) is 1.17. The molecule has 9 heavy (non-hydrogen) atoms. The molecule has 0 amide bonds. The van der Waals surface area contributed by atoms with Crippen molar-refractivity contribution >= 4 is 12.3 Å². The molecule has 0 saturated carbocycles. The summed E-state index contributed by atoms with van der Waals surface area (Å²) in [5.74, 6) is 0. The molecule has 1 rings (SSSR count). The molecule has 0 saturated heterocycles. The Balaban J connectivity index is 3.12. The highest BCUT2D eigenvalue weighted by atomic mass is 14.7. The first kappa shape index (κ1) is 5.82. The van der Waals surface area contributed by atoms with E-state index in [0.29, 0.717) is 0 Å². The molecule has 0 aliphatic rings. The average molecular weight is 120 g/mol. The lowest BCUT2D eigenvalue weighted by Gasteiger charge is -1.85. The molecule has 2 N–H and O–H groups in total. The summed E-state index contributed by atoms with van der Waals surface area (Å²) in [6, 6.07) is 1.84. The van der Waals surface area contributed by atoms with Crippen LogP contribution in [0.25, 0.3) is 6.08 Å². The maximum absolute atomic E-state index is 6.91. The number of H-pyrrole nitrogens is 1. The van der Waals surface area contributed by atoms with Gasteiger partial charge in [0.1, 0.15) is 0 Å². The molecule has 46 valence electrons. The van der Waals surface area contributed by atoms with Crippen molar-refractivity contribution < 1.29 is 0 Å². The zero-order chi connectivity index (χ0) is 6.69. The molecule has 1 aromatic rings. The van der Waals surface area contributed by atoms with Crippen LogP contribution in [0.5, 0.6) is 0 Å². The summed E-state index contributed by atoms with van der Waals surface area (Å²) < 4.78 is 0. The number of hydrogen-bond donors (Lipinski definition) is 2. The van der Waals surface area contributed by atoms with E-state index in [4.69, 9.17) is 5.41 Å². The van der Waals surface area contributed by atoms with Gasteiger partial charge in [-0.05, 0) is 12.1 Å². The molecule has 0 bridgehead atoms. The predicted molar refractivity (Wildman–Crippen MR) is 38.8 cm³/mol. The molecule has 2 nitrogen and oxygen atoms in total. The van der Waals surface area contributed by atoms with Gasteiger partial charge in [0, 0.05) is 23.7 Å². The molecule has 0 aromatic carbocycles. The van der Waals surface area contributed by atoms with Gasteiger partial charge in [-0.3, -0.25) is 0 Å². The van der Waals surface area contributed by atoms with E-state index in [9.17, 15) is 0 Å². The van der Waals surface area contributed by atoms with Crippen LogP contribution in [0.15, 0.2) is 18.8 Å². The van der Waals surface area contributed by atoms with Gasteiger partial charge in [-0.15, -0.1) is 0 Å². The Morgan fingerprint density at radius 2 is 2.44 bits per heavy atom. The quantitative estimate of drug-likeness (QED) is 0.557. The van der Waals surface area contributed by atoms with Crippen LogP contribution in [0, 0.1) is 5.41 Å². The molecule has 2 heteroatoms. The Labute approximate surface area is 53.7 Å². The first-order chi connectivity index (χ1) is 4.38. The van der Waals surface area contributed by atoms with Crippen LogP contribution in [0.2, 0.25) is 0 Å². The van der Waals surface area contributed by atoms with Crippen molar-refractivity contribution in [2.45, 2.75) is 0 Å². The Bertz CT molecular complexity index is 200. The van der Waals surface area contributed by atoms with Crippen LogP contribution in [0.1, 0.15) is 11.3 Å². The van der Waals surface area contributed by atoms with E-state index >= 15 is 0 Å². The highest BCUT2D eigenvalue weighted by Gasteiger charge is 1.92. The molecule has 0 unspecified atom stereocenters. The molecular weight excluding hydrogens is 112 g/mol. The number of nitrogens with one attached hydrogen (secondary N) is 2. The maximum atomic E-state index is 6.91. The standard InChI is InChI=1S/C7H8N2/c1-2-7-6(5-8)3-4-9-7/h2-5,8-9H,1H2. The number of aromatic nitrogens is 1. The van der Waals surface area contributed by atoms with Gasteiger partial charge in [-0.25, -0.2) is 0 Å². The van der Waals surface area contributed by atoms with Crippen LogP contribution in [-0.4, -0.2) is 11.2 Å². The second-order valence-corrected chi connectivity index (χ2v) is 1.70. The Kier molecular flexibility index (Phi) is 1.49. The van der Waals surface area contributed by atoms with Gasteiger partial charge in [-0.1, -0.05) is 6.58 Å². The first-order valence-corrected chi connectivity index (χ1v) is 2.68. The van der Waals surface area contributed by atoms with E-state index in [1.54, 1.807) is 12.3 Å². The SMILES string of the molecule is C=Cc1[nH]ccc1C=N. The minimum absolute atomic E-state index is 0.880. The predicted octanol–water partition coefficient (Wildman–Crippen LogP) is 1.66. The highest BCUT2D eigenvalue weighted by molar-refractivity contribution is 5.82. The normalized spacial score (nSPS) is 8.89. The van der Waals surface area contributed by atoms with E-state index in [-0.39, 0.29) is 0 Å². The fraction of sp³-hybridized carbons (Fsp3) is 0. The minimum atomic E-state index is 0.880. The molecule has 0 aliphatic carbocycles. The monoisotopic (exact) mass is 120 g/mol. The Morgan fingerprint density at radius 1 is 1.67 bits per heavy atom. The maximum Gasteiger partial charge on any atom is 0.0463 e. The van der Waals surface area contributed by atoms with Gasteiger partial charge in [0.2, 0.25) is 0 Å². The highest BCUT2D eigenvalue weighted by Crippen LogP contribution is 2.03. The van der Waals surface area contributed by atoms with Gasteiger partial charge < -0.3 is 10.4 Å². The van der Waals surface area contributed by atoms with Gasteiger partial charge >= 0.3 is 0 Å². The lowest BCUT2D eigenvalue weighted by Crippen LogP contribution is -1.78. The van der Waals surface area contributed by atoms with Gasteiger partial charge in [0.25, 0.3) is 0 Å². The smallest absolute Gasteiger partial charge is 0.0463 e. The largest absolute Gasteiger partial charge is 0.361 e. The summed E-state index contributed by atoms with van der Waals surface area (Å²) in [7, 11) is 0.